The van der Waals surface area contributed by atoms with Gasteiger partial charge >= 0.3 is 0 Å². The second-order valence-corrected chi connectivity index (χ2v) is 4.19. The minimum Gasteiger partial charge on any atom is -0.357 e. The van der Waals surface area contributed by atoms with Gasteiger partial charge in [0.1, 0.15) is 6.33 Å². The van der Waals surface area contributed by atoms with Crippen LogP contribution >= 0.6 is 12.2 Å². The van der Waals surface area contributed by atoms with E-state index in [9.17, 15) is 0 Å². The Kier molecular flexibility index (Phi) is 3.19. The lowest BCUT2D eigenvalue weighted by Crippen LogP contribution is -2.07. The maximum atomic E-state index is 5.28. The maximum Gasteiger partial charge on any atom is 0.226 e. The molecule has 0 atom stereocenters. The summed E-state index contributed by atoms with van der Waals surface area (Å²) in [6.45, 7) is 4.10. The fourth-order valence-corrected chi connectivity index (χ4v) is 2.02. The van der Waals surface area contributed by atoms with Gasteiger partial charge < -0.3 is 5.32 Å². The Bertz CT molecular complexity index is 583. The van der Waals surface area contributed by atoms with Crippen molar-refractivity contribution in [1.29, 1.82) is 0 Å². The van der Waals surface area contributed by atoms with Gasteiger partial charge in [-0.3, -0.25) is 4.57 Å². The van der Waals surface area contributed by atoms with Gasteiger partial charge in [-0.25, -0.2) is 4.98 Å². The highest BCUT2D eigenvalue weighted by atomic mass is 32.1. The summed E-state index contributed by atoms with van der Waals surface area (Å²) in [4.78, 5) is 8.40. The van der Waals surface area contributed by atoms with Crippen LogP contribution in [0.25, 0.3) is 5.69 Å². The SMILES string of the molecule is CNc1ncn(-c2c(C)cccc2C)c(=S)n1. The number of hydrogen-bond acceptors (Lipinski definition) is 4. The molecule has 1 aromatic heterocycles. The molecule has 0 unspecified atom stereocenters. The van der Waals surface area contributed by atoms with E-state index >= 15 is 0 Å². The molecule has 4 nitrogen and oxygen atoms in total. The molecule has 0 spiro atoms. The molecule has 5 heteroatoms. The maximum absolute atomic E-state index is 5.28. The molecule has 2 rings (SSSR count). The molecule has 0 fully saturated rings. The van der Waals surface area contributed by atoms with Crippen LogP contribution in [0.2, 0.25) is 0 Å². The smallest absolute Gasteiger partial charge is 0.226 e. The highest BCUT2D eigenvalue weighted by Gasteiger charge is 2.06. The van der Waals surface area contributed by atoms with E-state index in [4.69, 9.17) is 12.2 Å². The largest absolute Gasteiger partial charge is 0.357 e. The van der Waals surface area contributed by atoms with Gasteiger partial charge in [0.25, 0.3) is 0 Å². The first-order chi connectivity index (χ1) is 8.13. The van der Waals surface area contributed by atoms with Gasteiger partial charge in [0.2, 0.25) is 10.7 Å². The van der Waals surface area contributed by atoms with E-state index < -0.39 is 0 Å². The quantitative estimate of drug-likeness (QED) is 0.827. The number of aryl methyl sites for hydroxylation is 2. The summed E-state index contributed by atoms with van der Waals surface area (Å²) >= 11 is 5.28. The number of nitrogens with zero attached hydrogens (tertiary/aromatic N) is 3. The monoisotopic (exact) mass is 246 g/mol. The lowest BCUT2D eigenvalue weighted by Gasteiger charge is -2.12. The van der Waals surface area contributed by atoms with Crippen LogP contribution in [0.5, 0.6) is 0 Å². The molecule has 0 radical (unpaired) electrons. The van der Waals surface area contributed by atoms with Gasteiger partial charge in [0.15, 0.2) is 0 Å². The Morgan fingerprint density at radius 3 is 2.41 bits per heavy atom. The predicted molar refractivity (Wildman–Crippen MR) is 71.2 cm³/mol. The van der Waals surface area contributed by atoms with E-state index in [0.29, 0.717) is 10.7 Å². The van der Waals surface area contributed by atoms with Crippen molar-refractivity contribution in [3.63, 3.8) is 0 Å². The van der Waals surface area contributed by atoms with Gasteiger partial charge in [-0.1, -0.05) is 18.2 Å². The van der Waals surface area contributed by atoms with Crippen LogP contribution in [0, 0.1) is 18.6 Å². The van der Waals surface area contributed by atoms with Crippen LogP contribution in [0.15, 0.2) is 24.5 Å². The molecule has 2 aromatic rings. The van der Waals surface area contributed by atoms with E-state index in [0.717, 1.165) is 16.8 Å². The third-order valence-electron chi connectivity index (χ3n) is 2.61. The van der Waals surface area contributed by atoms with Crippen LogP contribution in [-0.2, 0) is 0 Å². The summed E-state index contributed by atoms with van der Waals surface area (Å²) in [5, 5.41) is 2.87. The van der Waals surface area contributed by atoms with Crippen molar-refractivity contribution < 1.29 is 0 Å². The number of hydrogen-bond donors (Lipinski definition) is 1. The second kappa shape index (κ2) is 4.63. The minimum atomic E-state index is 0.502. The molecule has 88 valence electrons. The van der Waals surface area contributed by atoms with Gasteiger partial charge in [0, 0.05) is 7.05 Å². The topological polar surface area (TPSA) is 42.7 Å². The van der Waals surface area contributed by atoms with Crippen LogP contribution in [-0.4, -0.2) is 21.6 Å². The van der Waals surface area contributed by atoms with Crippen molar-refractivity contribution in [3.05, 3.63) is 40.4 Å². The average molecular weight is 246 g/mol. The Labute approximate surface area is 105 Å². The highest BCUT2D eigenvalue weighted by molar-refractivity contribution is 7.71. The van der Waals surface area contributed by atoms with Crippen LogP contribution in [0.1, 0.15) is 11.1 Å². The van der Waals surface area contributed by atoms with Gasteiger partial charge in [0.05, 0.1) is 5.69 Å². The Morgan fingerprint density at radius 2 is 1.88 bits per heavy atom. The normalized spacial score (nSPS) is 10.3. The predicted octanol–water partition coefficient (Wildman–Crippen LogP) is 2.66. The standard InChI is InChI=1S/C12H14N4S/c1-8-5-4-6-9(2)10(8)16-7-14-11(13-3)15-12(16)17/h4-7H,1-3H3,(H,13,15,17). The molecule has 0 aliphatic heterocycles. The number of anilines is 1. The Morgan fingerprint density at radius 1 is 1.24 bits per heavy atom. The van der Waals surface area contributed by atoms with Gasteiger partial charge in [-0.2, -0.15) is 4.98 Å². The third-order valence-corrected chi connectivity index (χ3v) is 2.90. The van der Waals surface area contributed by atoms with Crippen molar-refractivity contribution in [2.24, 2.45) is 0 Å². The molecule has 0 amide bonds. The molecule has 0 aliphatic rings. The number of para-hydroxylation sites is 1. The number of aromatic nitrogens is 3. The van der Waals surface area contributed by atoms with Crippen molar-refractivity contribution in [1.82, 2.24) is 14.5 Å². The highest BCUT2D eigenvalue weighted by Crippen LogP contribution is 2.18. The fraction of sp³-hybridized carbons (Fsp3) is 0.250. The fourth-order valence-electron chi connectivity index (χ4n) is 1.79. The van der Waals surface area contributed by atoms with E-state index in [-0.39, 0.29) is 0 Å². The van der Waals surface area contributed by atoms with E-state index in [1.165, 1.54) is 0 Å². The first-order valence-electron chi connectivity index (χ1n) is 5.33. The zero-order valence-electron chi connectivity index (χ0n) is 10.1. The summed E-state index contributed by atoms with van der Waals surface area (Å²) in [7, 11) is 1.77. The number of rotatable bonds is 2. The average Bonchev–Trinajstić information content (AvgIpc) is 2.30. The lowest BCUT2D eigenvalue weighted by molar-refractivity contribution is 0.884. The molecule has 0 saturated heterocycles. The Balaban J connectivity index is 2.65. The molecule has 17 heavy (non-hydrogen) atoms. The molecule has 0 bridgehead atoms. The van der Waals surface area contributed by atoms with Crippen molar-refractivity contribution in [3.8, 4) is 5.69 Å². The second-order valence-electron chi connectivity index (χ2n) is 3.82. The first-order valence-corrected chi connectivity index (χ1v) is 5.74. The number of nitrogens with one attached hydrogen (secondary N) is 1. The molecule has 1 N–H and O–H groups in total. The Hall–Kier alpha value is -1.75. The first kappa shape index (κ1) is 11.7. The summed E-state index contributed by atoms with van der Waals surface area (Å²) in [6, 6.07) is 6.13. The van der Waals surface area contributed by atoms with Gasteiger partial charge in [-0.15, -0.1) is 0 Å². The van der Waals surface area contributed by atoms with E-state index in [2.05, 4.69) is 41.3 Å². The van der Waals surface area contributed by atoms with Crippen LogP contribution in [0.4, 0.5) is 5.95 Å². The lowest BCUT2D eigenvalue weighted by atomic mass is 10.1. The molecular formula is C12H14N4S. The van der Waals surface area contributed by atoms with Crippen LogP contribution in [0.3, 0.4) is 0 Å². The number of benzene rings is 1. The summed E-state index contributed by atoms with van der Waals surface area (Å²) < 4.78 is 2.34. The van der Waals surface area contributed by atoms with Crippen molar-refractivity contribution >= 4 is 18.2 Å². The summed E-state index contributed by atoms with van der Waals surface area (Å²) in [5.41, 5.74) is 3.36. The van der Waals surface area contributed by atoms with Gasteiger partial charge in [-0.05, 0) is 37.2 Å². The summed E-state index contributed by atoms with van der Waals surface area (Å²) in [6.07, 6.45) is 1.70. The molecule has 1 heterocycles. The zero-order valence-corrected chi connectivity index (χ0v) is 10.9. The minimum absolute atomic E-state index is 0.502. The molecule has 1 aromatic carbocycles. The van der Waals surface area contributed by atoms with E-state index in [1.807, 2.05) is 10.6 Å². The zero-order chi connectivity index (χ0) is 12.4. The molecule has 0 saturated carbocycles. The van der Waals surface area contributed by atoms with Crippen LogP contribution < -0.4 is 5.32 Å². The van der Waals surface area contributed by atoms with E-state index in [1.54, 1.807) is 13.4 Å². The third kappa shape index (κ3) is 2.19. The van der Waals surface area contributed by atoms with Crippen molar-refractivity contribution in [2.75, 3.05) is 12.4 Å². The molecular weight excluding hydrogens is 232 g/mol. The summed E-state index contributed by atoms with van der Waals surface area (Å²) in [5.74, 6) is 0.539. The van der Waals surface area contributed by atoms with Crippen molar-refractivity contribution in [2.45, 2.75) is 13.8 Å². The molecule has 0 aliphatic carbocycles.